The number of hydrogen-bond donors (Lipinski definition) is 1. The fourth-order valence-corrected chi connectivity index (χ4v) is 4.40. The van der Waals surface area contributed by atoms with Gasteiger partial charge >= 0.3 is 0 Å². The van der Waals surface area contributed by atoms with E-state index in [4.69, 9.17) is 0 Å². The molecule has 1 aliphatic heterocycles. The molecule has 0 amide bonds. The van der Waals surface area contributed by atoms with Gasteiger partial charge in [-0.2, -0.15) is 0 Å². The molecule has 0 bridgehead atoms. The summed E-state index contributed by atoms with van der Waals surface area (Å²) in [5, 5.41) is 4.20. The zero-order chi connectivity index (χ0) is 15.2. The van der Waals surface area contributed by atoms with Crippen LogP contribution in [0, 0.1) is 0 Å². The molecule has 0 spiro atoms. The van der Waals surface area contributed by atoms with Crippen LogP contribution >= 0.6 is 12.4 Å². The normalized spacial score (nSPS) is 14.3. The number of para-hydroxylation sites is 1. The lowest BCUT2D eigenvalue weighted by molar-refractivity contribution is 0.588. The van der Waals surface area contributed by atoms with E-state index >= 15 is 0 Å². The van der Waals surface area contributed by atoms with E-state index < -0.39 is 10.0 Å². The summed E-state index contributed by atoms with van der Waals surface area (Å²) in [4.78, 5) is 0.344. The average molecular weight is 349 g/mol. The highest BCUT2D eigenvalue weighted by Gasteiger charge is 2.20. The largest absolute Gasteiger partial charge is 0.312 e. The van der Waals surface area contributed by atoms with Gasteiger partial charge in [0, 0.05) is 18.1 Å². The van der Waals surface area contributed by atoms with E-state index in [-0.39, 0.29) is 12.4 Å². The molecule has 0 atom stereocenters. The maximum Gasteiger partial charge on any atom is 0.268 e. The van der Waals surface area contributed by atoms with Gasteiger partial charge in [0.25, 0.3) is 10.0 Å². The Kier molecular flexibility index (Phi) is 4.19. The van der Waals surface area contributed by atoms with Crippen molar-refractivity contribution < 1.29 is 8.42 Å². The van der Waals surface area contributed by atoms with Crippen LogP contribution in [0.15, 0.2) is 59.6 Å². The lowest BCUT2D eigenvalue weighted by atomic mass is 10.0. The Morgan fingerprint density at radius 1 is 1.00 bits per heavy atom. The van der Waals surface area contributed by atoms with Crippen molar-refractivity contribution >= 4 is 33.3 Å². The third-order valence-electron chi connectivity index (χ3n) is 4.18. The van der Waals surface area contributed by atoms with Crippen molar-refractivity contribution in [1.82, 2.24) is 9.29 Å². The lowest BCUT2D eigenvalue weighted by Gasteiger charge is -2.18. The van der Waals surface area contributed by atoms with Crippen molar-refractivity contribution in [3.63, 3.8) is 0 Å². The molecule has 0 radical (unpaired) electrons. The van der Waals surface area contributed by atoms with Crippen LogP contribution in [0.25, 0.3) is 10.9 Å². The molecule has 4 nitrogen and oxygen atoms in total. The molecular weight excluding hydrogens is 332 g/mol. The van der Waals surface area contributed by atoms with Gasteiger partial charge in [-0.15, -0.1) is 12.4 Å². The first-order valence-corrected chi connectivity index (χ1v) is 8.74. The van der Waals surface area contributed by atoms with E-state index in [9.17, 15) is 8.42 Å². The molecule has 1 aliphatic rings. The summed E-state index contributed by atoms with van der Waals surface area (Å²) in [6, 6.07) is 14.8. The molecule has 0 unspecified atom stereocenters. The number of benzene rings is 2. The molecular formula is C17H17ClN2O2S. The second kappa shape index (κ2) is 6.00. The molecule has 6 heteroatoms. The Hall–Kier alpha value is -1.82. The van der Waals surface area contributed by atoms with Crippen LogP contribution in [-0.4, -0.2) is 18.9 Å². The molecule has 0 saturated carbocycles. The van der Waals surface area contributed by atoms with Crippen molar-refractivity contribution in [3.8, 4) is 0 Å². The van der Waals surface area contributed by atoms with Gasteiger partial charge in [0.05, 0.1) is 10.4 Å². The highest BCUT2D eigenvalue weighted by molar-refractivity contribution is 7.90. The van der Waals surface area contributed by atoms with Crippen LogP contribution in [-0.2, 0) is 23.0 Å². The second-order valence-electron chi connectivity index (χ2n) is 5.53. The van der Waals surface area contributed by atoms with Crippen LogP contribution in [0.2, 0.25) is 0 Å². The van der Waals surface area contributed by atoms with Crippen molar-refractivity contribution in [1.29, 1.82) is 0 Å². The summed E-state index contributed by atoms with van der Waals surface area (Å²) in [6.45, 7) is 1.67. The van der Waals surface area contributed by atoms with Crippen molar-refractivity contribution in [2.24, 2.45) is 0 Å². The highest BCUT2D eigenvalue weighted by Crippen LogP contribution is 2.24. The van der Waals surface area contributed by atoms with Gasteiger partial charge in [-0.3, -0.25) is 0 Å². The van der Waals surface area contributed by atoms with E-state index in [0.717, 1.165) is 30.5 Å². The lowest BCUT2D eigenvalue weighted by Crippen LogP contribution is -2.24. The minimum Gasteiger partial charge on any atom is -0.312 e. The molecule has 120 valence electrons. The SMILES string of the molecule is Cl.O=S(=O)(c1ccc2c(c1)CNCC2)n1ccc2ccccc21. The Morgan fingerprint density at radius 2 is 1.83 bits per heavy atom. The van der Waals surface area contributed by atoms with Gasteiger partial charge in [-0.1, -0.05) is 24.3 Å². The fourth-order valence-electron chi connectivity index (χ4n) is 3.00. The maximum atomic E-state index is 12.9. The molecule has 2 aromatic carbocycles. The average Bonchev–Trinajstić information content (AvgIpc) is 2.99. The maximum absolute atomic E-state index is 12.9. The molecule has 0 aliphatic carbocycles. The van der Waals surface area contributed by atoms with Gasteiger partial charge in [0.15, 0.2) is 0 Å². The Morgan fingerprint density at radius 3 is 2.70 bits per heavy atom. The zero-order valence-electron chi connectivity index (χ0n) is 12.4. The smallest absolute Gasteiger partial charge is 0.268 e. The fraction of sp³-hybridized carbons (Fsp3) is 0.176. The predicted octanol–water partition coefficient (Wildman–Crippen LogP) is 2.95. The first-order valence-electron chi connectivity index (χ1n) is 7.30. The number of halogens is 1. The van der Waals surface area contributed by atoms with Crippen molar-refractivity contribution in [3.05, 3.63) is 65.9 Å². The van der Waals surface area contributed by atoms with Crippen LogP contribution in [0.5, 0.6) is 0 Å². The van der Waals surface area contributed by atoms with Crippen molar-refractivity contribution in [2.75, 3.05) is 6.54 Å². The third-order valence-corrected chi connectivity index (χ3v) is 5.87. The summed E-state index contributed by atoms with van der Waals surface area (Å²) in [5.41, 5.74) is 3.01. The molecule has 0 fully saturated rings. The molecule has 3 aromatic rings. The highest BCUT2D eigenvalue weighted by atomic mass is 35.5. The minimum atomic E-state index is -3.57. The second-order valence-corrected chi connectivity index (χ2v) is 7.35. The quantitative estimate of drug-likeness (QED) is 0.774. The van der Waals surface area contributed by atoms with Crippen LogP contribution < -0.4 is 5.32 Å². The summed E-state index contributed by atoms with van der Waals surface area (Å²) < 4.78 is 27.2. The van der Waals surface area contributed by atoms with Gasteiger partial charge in [0.2, 0.25) is 0 Å². The number of rotatable bonds is 2. The van der Waals surface area contributed by atoms with Gasteiger partial charge in [0.1, 0.15) is 0 Å². The number of nitrogens with zero attached hydrogens (tertiary/aromatic N) is 1. The van der Waals surface area contributed by atoms with Gasteiger partial charge < -0.3 is 5.32 Å². The predicted molar refractivity (Wildman–Crippen MR) is 93.6 cm³/mol. The molecule has 2 heterocycles. The number of aromatic nitrogens is 1. The standard InChI is InChI=1S/C17H16N2O2S.ClH/c20-22(21,19-10-8-14-3-1-2-4-17(14)19)16-6-5-13-7-9-18-12-15(13)11-16;/h1-6,8,10-11,18H,7,9,12H2;1H. The van der Waals surface area contributed by atoms with E-state index in [1.165, 1.54) is 9.54 Å². The van der Waals surface area contributed by atoms with Crippen LogP contribution in [0.3, 0.4) is 0 Å². The first kappa shape index (κ1) is 16.1. The zero-order valence-corrected chi connectivity index (χ0v) is 14.0. The number of fused-ring (bicyclic) bond motifs is 2. The third kappa shape index (κ3) is 2.65. The van der Waals surface area contributed by atoms with Crippen molar-refractivity contribution in [2.45, 2.75) is 17.9 Å². The molecule has 1 N–H and O–H groups in total. The van der Waals surface area contributed by atoms with Crippen LogP contribution in [0.1, 0.15) is 11.1 Å². The van der Waals surface area contributed by atoms with Crippen LogP contribution in [0.4, 0.5) is 0 Å². The minimum absolute atomic E-state index is 0. The summed E-state index contributed by atoms with van der Waals surface area (Å²) in [5.74, 6) is 0. The Bertz CT molecular complexity index is 964. The van der Waals surface area contributed by atoms with E-state index in [1.54, 1.807) is 18.3 Å². The van der Waals surface area contributed by atoms with E-state index in [1.807, 2.05) is 36.4 Å². The Labute approximate surface area is 141 Å². The Balaban J connectivity index is 0.00000156. The number of nitrogens with one attached hydrogen (secondary N) is 1. The van der Waals surface area contributed by atoms with Gasteiger partial charge in [-0.25, -0.2) is 12.4 Å². The van der Waals surface area contributed by atoms with E-state index in [2.05, 4.69) is 5.32 Å². The van der Waals surface area contributed by atoms with Gasteiger partial charge in [-0.05, 0) is 48.4 Å². The molecule has 4 rings (SSSR count). The van der Waals surface area contributed by atoms with E-state index in [0.29, 0.717) is 10.4 Å². The summed E-state index contributed by atoms with van der Waals surface area (Å²) >= 11 is 0. The summed E-state index contributed by atoms with van der Waals surface area (Å²) in [7, 11) is -3.57. The molecule has 0 saturated heterocycles. The first-order chi connectivity index (χ1) is 10.7. The molecule has 1 aromatic heterocycles. The topological polar surface area (TPSA) is 51.1 Å². The monoisotopic (exact) mass is 348 g/mol. The molecule has 23 heavy (non-hydrogen) atoms. The summed E-state index contributed by atoms with van der Waals surface area (Å²) in [6.07, 6.45) is 2.57. The number of hydrogen-bond acceptors (Lipinski definition) is 3.